The first kappa shape index (κ1) is 24.6. The highest BCUT2D eigenvalue weighted by Gasteiger charge is 2.19. The van der Waals surface area contributed by atoms with Gasteiger partial charge in [-0.05, 0) is 42.8 Å². The lowest BCUT2D eigenvalue weighted by molar-refractivity contribution is -0.384. The van der Waals surface area contributed by atoms with E-state index in [0.29, 0.717) is 5.56 Å². The van der Waals surface area contributed by atoms with Crippen molar-refractivity contribution in [3.63, 3.8) is 0 Å². The van der Waals surface area contributed by atoms with E-state index in [9.17, 15) is 28.5 Å². The van der Waals surface area contributed by atoms with Crippen molar-refractivity contribution in [1.82, 2.24) is 5.32 Å². The smallest absolute Gasteiger partial charge is 0.387 e. The predicted octanol–water partition coefficient (Wildman–Crippen LogP) is 5.59. The fourth-order valence-electron chi connectivity index (χ4n) is 3.10. The molecule has 0 bridgehead atoms. The zero-order chi connectivity index (χ0) is 24.8. The van der Waals surface area contributed by atoms with E-state index in [4.69, 9.17) is 11.6 Å². The molecule has 3 aromatic carbocycles. The van der Waals surface area contributed by atoms with E-state index in [2.05, 4.69) is 15.4 Å². The van der Waals surface area contributed by atoms with Gasteiger partial charge >= 0.3 is 6.61 Å². The molecule has 0 aliphatic rings. The van der Waals surface area contributed by atoms with E-state index in [1.807, 2.05) is 0 Å². The Morgan fingerprint density at radius 3 is 2.41 bits per heavy atom. The van der Waals surface area contributed by atoms with Crippen LogP contribution in [0.15, 0.2) is 66.7 Å². The molecule has 2 amide bonds. The van der Waals surface area contributed by atoms with E-state index in [0.717, 1.165) is 12.1 Å². The number of amides is 2. The maximum Gasteiger partial charge on any atom is 0.387 e. The van der Waals surface area contributed by atoms with Gasteiger partial charge in [0, 0.05) is 12.1 Å². The molecule has 0 aliphatic heterocycles. The summed E-state index contributed by atoms with van der Waals surface area (Å²) in [5.74, 6) is -1.23. The topological polar surface area (TPSA) is 111 Å². The van der Waals surface area contributed by atoms with Crippen LogP contribution in [0, 0.1) is 10.1 Å². The van der Waals surface area contributed by atoms with Crippen LogP contribution in [-0.4, -0.2) is 23.3 Å². The third-order valence-electron chi connectivity index (χ3n) is 4.76. The second-order valence-corrected chi connectivity index (χ2v) is 7.47. The molecule has 34 heavy (non-hydrogen) atoms. The number of non-ortho nitro benzene ring substituents is 1. The van der Waals surface area contributed by atoms with Crippen molar-refractivity contribution in [1.29, 1.82) is 0 Å². The summed E-state index contributed by atoms with van der Waals surface area (Å²) in [6.07, 6.45) is 0. The standard InChI is InChI=1S/C23H18ClF2N3O5/c1-13(14-5-4-6-16(11-14)34-23(25)26)27-22(31)18-7-2-3-8-20(18)28-21(30)17-10-9-15(29(32)33)12-19(17)24/h2-13,23H,1H3,(H,27,31)(H,28,30). The molecule has 0 heterocycles. The molecule has 2 N–H and O–H groups in total. The highest BCUT2D eigenvalue weighted by atomic mass is 35.5. The van der Waals surface area contributed by atoms with Gasteiger partial charge in [-0.2, -0.15) is 8.78 Å². The number of benzene rings is 3. The average molecular weight is 490 g/mol. The van der Waals surface area contributed by atoms with Crippen molar-refractivity contribution in [2.24, 2.45) is 0 Å². The van der Waals surface area contributed by atoms with Crippen molar-refractivity contribution >= 4 is 34.8 Å². The number of para-hydroxylation sites is 1. The summed E-state index contributed by atoms with van der Waals surface area (Å²) in [4.78, 5) is 35.8. The zero-order valence-corrected chi connectivity index (χ0v) is 18.4. The Morgan fingerprint density at radius 1 is 1.00 bits per heavy atom. The number of hydrogen-bond donors (Lipinski definition) is 2. The Balaban J connectivity index is 1.76. The van der Waals surface area contributed by atoms with Crippen molar-refractivity contribution in [2.75, 3.05) is 5.32 Å². The summed E-state index contributed by atoms with van der Waals surface area (Å²) >= 11 is 6.02. The molecule has 176 valence electrons. The Hall–Kier alpha value is -4.05. The number of carbonyl (C=O) groups is 2. The second-order valence-electron chi connectivity index (χ2n) is 7.07. The SMILES string of the molecule is CC(NC(=O)c1ccccc1NC(=O)c1ccc([N+](=O)[O-])cc1Cl)c1cccc(OC(F)F)c1. The molecule has 3 rings (SSSR count). The van der Waals surface area contributed by atoms with Crippen LogP contribution in [0.2, 0.25) is 5.02 Å². The summed E-state index contributed by atoms with van der Waals surface area (Å²) in [5.41, 5.74) is 0.581. The van der Waals surface area contributed by atoms with Crippen LogP contribution in [0.5, 0.6) is 5.75 Å². The summed E-state index contributed by atoms with van der Waals surface area (Å²) in [6.45, 7) is -1.31. The van der Waals surface area contributed by atoms with Gasteiger partial charge in [0.15, 0.2) is 0 Å². The van der Waals surface area contributed by atoms with Crippen LogP contribution in [0.1, 0.15) is 39.2 Å². The maximum atomic E-state index is 12.9. The largest absolute Gasteiger partial charge is 0.435 e. The zero-order valence-electron chi connectivity index (χ0n) is 17.6. The number of nitrogens with zero attached hydrogens (tertiary/aromatic N) is 1. The molecule has 0 spiro atoms. The van der Waals surface area contributed by atoms with Crippen LogP contribution < -0.4 is 15.4 Å². The van der Waals surface area contributed by atoms with Gasteiger partial charge in [0.2, 0.25) is 0 Å². The molecular weight excluding hydrogens is 472 g/mol. The number of nitrogens with one attached hydrogen (secondary N) is 2. The summed E-state index contributed by atoms with van der Waals surface area (Å²) < 4.78 is 29.3. The molecular formula is C23H18ClF2N3O5. The summed E-state index contributed by atoms with van der Waals surface area (Å²) in [6, 6.07) is 15.0. The van der Waals surface area contributed by atoms with E-state index in [1.165, 1.54) is 36.4 Å². The van der Waals surface area contributed by atoms with Gasteiger partial charge in [-0.25, -0.2) is 0 Å². The van der Waals surface area contributed by atoms with Crippen molar-refractivity contribution in [3.05, 3.63) is 98.6 Å². The lowest BCUT2D eigenvalue weighted by Gasteiger charge is -2.17. The molecule has 0 radical (unpaired) electrons. The van der Waals surface area contributed by atoms with Gasteiger partial charge in [0.25, 0.3) is 17.5 Å². The highest BCUT2D eigenvalue weighted by Crippen LogP contribution is 2.25. The fourth-order valence-corrected chi connectivity index (χ4v) is 3.36. The summed E-state index contributed by atoms with van der Waals surface area (Å²) in [5, 5.41) is 16.1. The minimum atomic E-state index is -2.97. The Morgan fingerprint density at radius 2 is 1.74 bits per heavy atom. The van der Waals surface area contributed by atoms with Gasteiger partial charge in [-0.15, -0.1) is 0 Å². The second kappa shape index (κ2) is 10.7. The molecule has 0 saturated carbocycles. The van der Waals surface area contributed by atoms with Crippen molar-refractivity contribution in [2.45, 2.75) is 19.6 Å². The first-order valence-corrected chi connectivity index (χ1v) is 10.2. The fraction of sp³-hybridized carbons (Fsp3) is 0.130. The van der Waals surface area contributed by atoms with E-state index in [-0.39, 0.29) is 33.3 Å². The van der Waals surface area contributed by atoms with Crippen molar-refractivity contribution in [3.8, 4) is 5.75 Å². The van der Waals surface area contributed by atoms with Crippen LogP contribution >= 0.6 is 11.6 Å². The lowest BCUT2D eigenvalue weighted by atomic mass is 10.1. The van der Waals surface area contributed by atoms with E-state index >= 15 is 0 Å². The lowest BCUT2D eigenvalue weighted by Crippen LogP contribution is -2.28. The van der Waals surface area contributed by atoms with Crippen LogP contribution in [0.4, 0.5) is 20.2 Å². The molecule has 0 fully saturated rings. The maximum absolute atomic E-state index is 12.9. The van der Waals surface area contributed by atoms with Crippen LogP contribution in [0.3, 0.4) is 0 Å². The number of nitro benzene ring substituents is 1. The molecule has 1 atom stereocenters. The van der Waals surface area contributed by atoms with Crippen LogP contribution in [0.25, 0.3) is 0 Å². The number of alkyl halides is 2. The normalized spacial score (nSPS) is 11.6. The first-order valence-electron chi connectivity index (χ1n) is 9.85. The Bertz CT molecular complexity index is 1240. The van der Waals surface area contributed by atoms with Crippen LogP contribution in [-0.2, 0) is 0 Å². The van der Waals surface area contributed by atoms with E-state index in [1.54, 1.807) is 25.1 Å². The molecule has 0 saturated heterocycles. The molecule has 0 aromatic heterocycles. The summed E-state index contributed by atoms with van der Waals surface area (Å²) in [7, 11) is 0. The number of nitro groups is 1. The highest BCUT2D eigenvalue weighted by molar-refractivity contribution is 6.34. The molecule has 0 aliphatic carbocycles. The number of hydrogen-bond acceptors (Lipinski definition) is 5. The average Bonchev–Trinajstić information content (AvgIpc) is 2.78. The molecule has 11 heteroatoms. The number of carbonyl (C=O) groups excluding carboxylic acids is 2. The third kappa shape index (κ3) is 6.04. The minimum absolute atomic E-state index is 0.00769. The Kier molecular flexibility index (Phi) is 7.75. The van der Waals surface area contributed by atoms with Gasteiger partial charge < -0.3 is 15.4 Å². The van der Waals surface area contributed by atoms with Gasteiger partial charge in [0.05, 0.1) is 32.8 Å². The molecule has 8 nitrogen and oxygen atoms in total. The van der Waals surface area contributed by atoms with Gasteiger partial charge in [-0.3, -0.25) is 19.7 Å². The Labute approximate surface area is 197 Å². The van der Waals surface area contributed by atoms with Crippen molar-refractivity contribution < 1.29 is 28.0 Å². The quantitative estimate of drug-likeness (QED) is 0.316. The number of rotatable bonds is 8. The van der Waals surface area contributed by atoms with E-state index < -0.39 is 29.4 Å². The molecule has 3 aromatic rings. The molecule has 1 unspecified atom stereocenters. The number of ether oxygens (including phenoxy) is 1. The minimum Gasteiger partial charge on any atom is -0.435 e. The monoisotopic (exact) mass is 489 g/mol. The number of anilines is 1. The first-order chi connectivity index (χ1) is 16.2. The van der Waals surface area contributed by atoms with Gasteiger partial charge in [0.1, 0.15) is 5.75 Å². The number of halogens is 3. The predicted molar refractivity (Wildman–Crippen MR) is 121 cm³/mol. The third-order valence-corrected chi connectivity index (χ3v) is 5.07. The van der Waals surface area contributed by atoms with Gasteiger partial charge in [-0.1, -0.05) is 35.9 Å².